The molecule has 0 aromatic heterocycles. The number of carbonyl (C=O) groups excluding carboxylic acids is 2. The molecule has 0 spiro atoms. The topological polar surface area (TPSA) is 85.2 Å². The number of anilines is 3. The zero-order chi connectivity index (χ0) is 20.5. The molecule has 0 saturated carbocycles. The van der Waals surface area contributed by atoms with Gasteiger partial charge in [0.25, 0.3) is 5.91 Å². The van der Waals surface area contributed by atoms with Gasteiger partial charge in [0, 0.05) is 41.9 Å². The van der Waals surface area contributed by atoms with Crippen molar-refractivity contribution in [1.82, 2.24) is 0 Å². The molecule has 6 heteroatoms. The number of amides is 1. The number of nitrogens with one attached hydrogen (secondary N) is 2. The molecule has 2 rings (SSSR count). The first kappa shape index (κ1) is 20.7. The van der Waals surface area contributed by atoms with Gasteiger partial charge in [-0.05, 0) is 69.3 Å². The van der Waals surface area contributed by atoms with Crippen molar-refractivity contribution in [3.05, 3.63) is 65.9 Å². The Morgan fingerprint density at radius 3 is 2.07 bits per heavy atom. The van der Waals surface area contributed by atoms with E-state index in [2.05, 4.69) is 29.4 Å². The van der Waals surface area contributed by atoms with Crippen molar-refractivity contribution in [2.75, 3.05) is 28.6 Å². The number of ketones is 1. The minimum Gasteiger partial charge on any atom is -0.372 e. The van der Waals surface area contributed by atoms with Gasteiger partial charge in [0.1, 0.15) is 11.6 Å². The van der Waals surface area contributed by atoms with E-state index in [1.165, 1.54) is 13.1 Å². The molecule has 2 N–H and O–H groups in total. The number of nitrogens with zero attached hydrogens (tertiary/aromatic N) is 2. The van der Waals surface area contributed by atoms with Gasteiger partial charge in [-0.15, -0.1) is 0 Å². The standard InChI is InChI=1S/C22H24N4O2/c1-4-26(5-2)21-12-10-19(11-13-21)24-15-18(14-23)22(28)25-20-8-6-17(7-9-20)16(3)27/h6-13,15,24H,4-5H2,1-3H3,(H,25,28)/b18-15-. The normalized spacial score (nSPS) is 10.7. The maximum Gasteiger partial charge on any atom is 0.267 e. The number of Topliss-reactive ketones (excluding diaryl/α,β-unsaturated/α-hetero) is 1. The molecule has 0 aliphatic rings. The molecular weight excluding hydrogens is 352 g/mol. The van der Waals surface area contributed by atoms with Gasteiger partial charge in [0.2, 0.25) is 0 Å². The molecule has 28 heavy (non-hydrogen) atoms. The number of hydrogen-bond acceptors (Lipinski definition) is 5. The van der Waals surface area contributed by atoms with Crippen molar-refractivity contribution in [2.45, 2.75) is 20.8 Å². The van der Waals surface area contributed by atoms with E-state index in [9.17, 15) is 14.9 Å². The Bertz CT molecular complexity index is 890. The molecule has 0 heterocycles. The summed E-state index contributed by atoms with van der Waals surface area (Å²) in [7, 11) is 0. The van der Waals surface area contributed by atoms with Crippen LogP contribution in [0.15, 0.2) is 60.3 Å². The number of nitriles is 1. The van der Waals surface area contributed by atoms with Crippen molar-refractivity contribution < 1.29 is 9.59 Å². The van der Waals surface area contributed by atoms with Gasteiger partial charge in [0.05, 0.1) is 0 Å². The van der Waals surface area contributed by atoms with E-state index < -0.39 is 5.91 Å². The van der Waals surface area contributed by atoms with Crippen LogP contribution in [0.3, 0.4) is 0 Å². The Hall–Kier alpha value is -3.59. The summed E-state index contributed by atoms with van der Waals surface area (Å²) in [6.07, 6.45) is 1.38. The highest BCUT2D eigenvalue weighted by atomic mass is 16.1. The Labute approximate surface area is 165 Å². The average molecular weight is 376 g/mol. The third-order valence-electron chi connectivity index (χ3n) is 4.29. The summed E-state index contributed by atoms with van der Waals surface area (Å²) in [5.41, 5.74) is 2.92. The minimum atomic E-state index is -0.523. The second kappa shape index (κ2) is 9.93. The quantitative estimate of drug-likeness (QED) is 0.410. The van der Waals surface area contributed by atoms with Crippen molar-refractivity contribution in [1.29, 1.82) is 5.26 Å². The Morgan fingerprint density at radius 1 is 1.00 bits per heavy atom. The summed E-state index contributed by atoms with van der Waals surface area (Å²) in [6.45, 7) is 7.53. The zero-order valence-electron chi connectivity index (χ0n) is 16.3. The monoisotopic (exact) mass is 376 g/mol. The highest BCUT2D eigenvalue weighted by Crippen LogP contribution is 2.18. The number of carbonyl (C=O) groups is 2. The van der Waals surface area contributed by atoms with Gasteiger partial charge in [0.15, 0.2) is 5.78 Å². The smallest absolute Gasteiger partial charge is 0.267 e. The first-order valence-electron chi connectivity index (χ1n) is 9.12. The maximum absolute atomic E-state index is 12.3. The van der Waals surface area contributed by atoms with Gasteiger partial charge >= 0.3 is 0 Å². The maximum atomic E-state index is 12.3. The van der Waals surface area contributed by atoms with Crippen molar-refractivity contribution in [3.63, 3.8) is 0 Å². The first-order chi connectivity index (χ1) is 13.5. The average Bonchev–Trinajstić information content (AvgIpc) is 2.71. The lowest BCUT2D eigenvalue weighted by molar-refractivity contribution is -0.112. The Morgan fingerprint density at radius 2 is 1.57 bits per heavy atom. The summed E-state index contributed by atoms with van der Waals surface area (Å²) in [5, 5.41) is 14.9. The largest absolute Gasteiger partial charge is 0.372 e. The highest BCUT2D eigenvalue weighted by molar-refractivity contribution is 6.07. The molecule has 2 aromatic carbocycles. The predicted octanol–water partition coefficient (Wildman–Crippen LogP) is 4.19. The summed E-state index contributed by atoms with van der Waals surface area (Å²) >= 11 is 0. The van der Waals surface area contributed by atoms with Crippen LogP contribution in [0.25, 0.3) is 0 Å². The van der Waals surface area contributed by atoms with Crippen LogP contribution < -0.4 is 15.5 Å². The van der Waals surface area contributed by atoms with Gasteiger partial charge in [-0.1, -0.05) is 0 Å². The first-order valence-corrected chi connectivity index (χ1v) is 9.12. The number of benzene rings is 2. The van der Waals surface area contributed by atoms with E-state index in [1.807, 2.05) is 30.3 Å². The molecule has 144 valence electrons. The fourth-order valence-corrected chi connectivity index (χ4v) is 2.65. The molecule has 1 amide bonds. The lowest BCUT2D eigenvalue weighted by Gasteiger charge is -2.21. The zero-order valence-corrected chi connectivity index (χ0v) is 16.3. The summed E-state index contributed by atoms with van der Waals surface area (Å²) in [5.74, 6) is -0.572. The lowest BCUT2D eigenvalue weighted by Crippen LogP contribution is -2.21. The van der Waals surface area contributed by atoms with Crippen molar-refractivity contribution in [2.24, 2.45) is 0 Å². The molecule has 0 bridgehead atoms. The summed E-state index contributed by atoms with van der Waals surface area (Å²) < 4.78 is 0. The van der Waals surface area contributed by atoms with Crippen molar-refractivity contribution >= 4 is 28.8 Å². The minimum absolute atomic E-state index is 0.0494. The van der Waals surface area contributed by atoms with E-state index in [0.29, 0.717) is 11.3 Å². The molecule has 0 atom stereocenters. The molecular formula is C22H24N4O2. The third kappa shape index (κ3) is 5.45. The van der Waals surface area contributed by atoms with Crippen LogP contribution in [-0.4, -0.2) is 24.8 Å². The van der Waals surface area contributed by atoms with Crippen LogP contribution in [0.2, 0.25) is 0 Å². The predicted molar refractivity (Wildman–Crippen MR) is 112 cm³/mol. The summed E-state index contributed by atoms with van der Waals surface area (Å²) in [6, 6.07) is 16.2. The van der Waals surface area contributed by atoms with Crippen molar-refractivity contribution in [3.8, 4) is 6.07 Å². The van der Waals surface area contributed by atoms with E-state index in [0.717, 1.165) is 24.5 Å². The van der Waals surface area contributed by atoms with E-state index in [1.54, 1.807) is 24.3 Å². The van der Waals surface area contributed by atoms with Gasteiger partial charge in [-0.2, -0.15) is 5.26 Å². The molecule has 0 aliphatic heterocycles. The second-order valence-electron chi connectivity index (χ2n) is 6.12. The number of hydrogen-bond donors (Lipinski definition) is 2. The van der Waals surface area contributed by atoms with E-state index in [-0.39, 0.29) is 11.4 Å². The van der Waals surface area contributed by atoms with Gasteiger partial charge in [-0.3, -0.25) is 9.59 Å². The second-order valence-corrected chi connectivity index (χ2v) is 6.12. The van der Waals surface area contributed by atoms with E-state index in [4.69, 9.17) is 0 Å². The van der Waals surface area contributed by atoms with Gasteiger partial charge in [-0.25, -0.2) is 0 Å². The van der Waals surface area contributed by atoms with Crippen LogP contribution in [0.5, 0.6) is 0 Å². The fraction of sp³-hybridized carbons (Fsp3) is 0.227. The highest BCUT2D eigenvalue weighted by Gasteiger charge is 2.10. The van der Waals surface area contributed by atoms with E-state index >= 15 is 0 Å². The molecule has 0 fully saturated rings. The molecule has 2 aromatic rings. The van der Waals surface area contributed by atoms with Crippen LogP contribution in [0.4, 0.5) is 17.1 Å². The lowest BCUT2D eigenvalue weighted by atomic mass is 10.1. The SMILES string of the molecule is CCN(CC)c1ccc(N/C=C(/C#N)C(=O)Nc2ccc(C(C)=O)cc2)cc1. The fourth-order valence-electron chi connectivity index (χ4n) is 2.65. The number of rotatable bonds is 8. The van der Waals surface area contributed by atoms with Crippen LogP contribution in [0.1, 0.15) is 31.1 Å². The van der Waals surface area contributed by atoms with Gasteiger partial charge < -0.3 is 15.5 Å². The molecule has 0 aliphatic carbocycles. The van der Waals surface area contributed by atoms with Crippen LogP contribution in [-0.2, 0) is 4.79 Å². The molecule has 0 unspecified atom stereocenters. The van der Waals surface area contributed by atoms with Crippen LogP contribution >= 0.6 is 0 Å². The molecule has 6 nitrogen and oxygen atoms in total. The molecule has 0 saturated heterocycles. The third-order valence-corrected chi connectivity index (χ3v) is 4.29. The Balaban J connectivity index is 2.03. The summed E-state index contributed by atoms with van der Waals surface area (Å²) in [4.78, 5) is 25.8. The van der Waals surface area contributed by atoms with Crippen LogP contribution in [0, 0.1) is 11.3 Å². The molecule has 0 radical (unpaired) electrons. The Kier molecular flexibility index (Phi) is 7.35.